The maximum atomic E-state index is 12.4. The minimum atomic E-state index is -0.372. The van der Waals surface area contributed by atoms with Crippen LogP contribution in [0.3, 0.4) is 0 Å². The number of ether oxygens (including phenoxy) is 1. The number of piperazine rings is 1. The first-order valence-corrected chi connectivity index (χ1v) is 13.7. The molecule has 3 aromatic carbocycles. The Morgan fingerprint density at radius 2 is 1.77 bits per heavy atom. The van der Waals surface area contributed by atoms with Gasteiger partial charge in [-0.05, 0) is 86.1 Å². The molecule has 3 heterocycles. The van der Waals surface area contributed by atoms with Crippen molar-refractivity contribution in [1.82, 2.24) is 14.9 Å². The van der Waals surface area contributed by atoms with Gasteiger partial charge >= 0.3 is 5.97 Å². The third kappa shape index (κ3) is 5.15. The number of rotatable bonds is 5. The van der Waals surface area contributed by atoms with E-state index < -0.39 is 0 Å². The van der Waals surface area contributed by atoms with E-state index in [0.29, 0.717) is 11.5 Å². The number of carbonyl (C=O) groups excluding carboxylic acids is 1. The van der Waals surface area contributed by atoms with E-state index in [4.69, 9.17) is 9.72 Å². The van der Waals surface area contributed by atoms with Crippen LogP contribution in [0.4, 0.5) is 28.7 Å². The molecule has 0 radical (unpaired) electrons. The zero-order chi connectivity index (χ0) is 26.9. The van der Waals surface area contributed by atoms with Crippen LogP contribution in [0.1, 0.15) is 15.9 Å². The highest BCUT2D eigenvalue weighted by Crippen LogP contribution is 2.49. The molecular weight excluding hydrogens is 508 g/mol. The summed E-state index contributed by atoms with van der Waals surface area (Å²) in [6.07, 6.45) is 1.86. The van der Waals surface area contributed by atoms with Crippen molar-refractivity contribution in [2.24, 2.45) is 0 Å². The summed E-state index contributed by atoms with van der Waals surface area (Å²) in [5, 5.41) is 3.37. The van der Waals surface area contributed by atoms with Crippen molar-refractivity contribution in [3.8, 4) is 11.3 Å². The van der Waals surface area contributed by atoms with Gasteiger partial charge in [0.05, 0.1) is 34.6 Å². The fraction of sp³-hybridized carbons (Fsp3) is 0.233. The van der Waals surface area contributed by atoms with Crippen LogP contribution in [0.5, 0.6) is 0 Å². The van der Waals surface area contributed by atoms with Crippen LogP contribution in [-0.4, -0.2) is 61.2 Å². The second kappa shape index (κ2) is 10.6. The van der Waals surface area contributed by atoms with E-state index in [1.54, 1.807) is 18.0 Å². The number of aromatic nitrogens is 2. The average Bonchev–Trinajstić information content (AvgIpc) is 2.97. The summed E-state index contributed by atoms with van der Waals surface area (Å²) >= 11 is 1.54. The summed E-state index contributed by atoms with van der Waals surface area (Å²) < 4.78 is 7.10. The van der Waals surface area contributed by atoms with Gasteiger partial charge in [0.15, 0.2) is 0 Å². The van der Waals surface area contributed by atoms with Crippen molar-refractivity contribution in [3.63, 3.8) is 0 Å². The second-order valence-electron chi connectivity index (χ2n) is 9.82. The molecule has 0 atom stereocenters. The molecule has 1 saturated heterocycles. The van der Waals surface area contributed by atoms with Gasteiger partial charge < -0.3 is 19.9 Å². The van der Waals surface area contributed by atoms with Gasteiger partial charge in [0, 0.05) is 49.3 Å². The molecule has 9 heteroatoms. The van der Waals surface area contributed by atoms with E-state index >= 15 is 0 Å². The summed E-state index contributed by atoms with van der Waals surface area (Å²) in [7, 11) is 3.56. The lowest BCUT2D eigenvalue weighted by molar-refractivity contribution is 0.0601. The minimum absolute atomic E-state index is 0.372. The Bertz CT molecular complexity index is 1520. The maximum absolute atomic E-state index is 12.4. The number of anilines is 5. The largest absolute Gasteiger partial charge is 0.465 e. The number of esters is 1. The SMILES string of the molecule is COC(=O)c1ccc2c(c1)N(c1cccc(C)c1)Sc1cnc(Nc3ccc(N4CCN(C)CC4)cc3)nc1-2. The van der Waals surface area contributed by atoms with E-state index in [1.165, 1.54) is 12.8 Å². The van der Waals surface area contributed by atoms with Crippen LogP contribution in [-0.2, 0) is 4.74 Å². The van der Waals surface area contributed by atoms with E-state index in [9.17, 15) is 4.79 Å². The lowest BCUT2D eigenvalue weighted by Crippen LogP contribution is -2.44. The van der Waals surface area contributed by atoms with Gasteiger partial charge in [0.1, 0.15) is 0 Å². The Kier molecular flexibility index (Phi) is 6.85. The summed E-state index contributed by atoms with van der Waals surface area (Å²) in [4.78, 5) is 27.6. The van der Waals surface area contributed by atoms with Gasteiger partial charge in [-0.2, -0.15) is 0 Å². The third-order valence-electron chi connectivity index (χ3n) is 7.07. The van der Waals surface area contributed by atoms with Gasteiger partial charge in [0.25, 0.3) is 0 Å². The minimum Gasteiger partial charge on any atom is -0.465 e. The summed E-state index contributed by atoms with van der Waals surface area (Å²) in [5.41, 5.74) is 7.43. The topological polar surface area (TPSA) is 73.8 Å². The monoisotopic (exact) mass is 538 g/mol. The molecule has 0 aliphatic carbocycles. The molecule has 0 unspecified atom stereocenters. The zero-order valence-corrected chi connectivity index (χ0v) is 23.0. The Hall–Kier alpha value is -4.08. The molecule has 1 fully saturated rings. The average molecular weight is 539 g/mol. The van der Waals surface area contributed by atoms with Gasteiger partial charge in [-0.1, -0.05) is 12.1 Å². The third-order valence-corrected chi connectivity index (χ3v) is 8.15. The number of methoxy groups -OCH3 is 1. The van der Waals surface area contributed by atoms with Crippen LogP contribution in [0.15, 0.2) is 77.8 Å². The quantitative estimate of drug-likeness (QED) is 0.247. The molecule has 0 bridgehead atoms. The smallest absolute Gasteiger partial charge is 0.337 e. The Morgan fingerprint density at radius 3 is 2.51 bits per heavy atom. The number of hydrogen-bond acceptors (Lipinski definition) is 9. The predicted octanol–water partition coefficient (Wildman–Crippen LogP) is 5.89. The lowest BCUT2D eigenvalue weighted by atomic mass is 10.0. The summed E-state index contributed by atoms with van der Waals surface area (Å²) in [6.45, 7) is 6.28. The van der Waals surface area contributed by atoms with Crippen LogP contribution in [0.2, 0.25) is 0 Å². The van der Waals surface area contributed by atoms with E-state index in [-0.39, 0.29) is 5.97 Å². The highest BCUT2D eigenvalue weighted by Gasteiger charge is 2.28. The van der Waals surface area contributed by atoms with Crippen molar-refractivity contribution in [3.05, 3.63) is 84.1 Å². The summed E-state index contributed by atoms with van der Waals surface area (Å²) in [5.74, 6) is 0.150. The molecule has 2 aliphatic rings. The fourth-order valence-corrected chi connectivity index (χ4v) is 5.89. The van der Waals surface area contributed by atoms with Crippen molar-refractivity contribution in [2.75, 3.05) is 54.9 Å². The van der Waals surface area contributed by atoms with Crippen LogP contribution in [0.25, 0.3) is 11.3 Å². The molecule has 8 nitrogen and oxygen atoms in total. The Balaban J connectivity index is 1.30. The van der Waals surface area contributed by atoms with Crippen LogP contribution >= 0.6 is 11.9 Å². The molecule has 4 aromatic rings. The Morgan fingerprint density at radius 1 is 0.974 bits per heavy atom. The number of nitrogens with zero attached hydrogens (tertiary/aromatic N) is 5. The Labute approximate surface area is 232 Å². The number of likely N-dealkylation sites (N-methyl/N-ethyl adjacent to an activating group) is 1. The zero-order valence-electron chi connectivity index (χ0n) is 22.2. The highest BCUT2D eigenvalue weighted by molar-refractivity contribution is 8.01. The molecule has 39 heavy (non-hydrogen) atoms. The number of hydrogen-bond donors (Lipinski definition) is 1. The first kappa shape index (κ1) is 25.2. The number of benzene rings is 3. The summed E-state index contributed by atoms with van der Waals surface area (Å²) in [6, 6.07) is 22.3. The molecule has 0 spiro atoms. The van der Waals surface area contributed by atoms with Gasteiger partial charge in [-0.15, -0.1) is 0 Å². The molecule has 1 N–H and O–H groups in total. The maximum Gasteiger partial charge on any atom is 0.337 e. The van der Waals surface area contributed by atoms with E-state index in [1.807, 2.05) is 24.4 Å². The lowest BCUT2D eigenvalue weighted by Gasteiger charge is -2.34. The van der Waals surface area contributed by atoms with E-state index in [0.717, 1.165) is 65.0 Å². The van der Waals surface area contributed by atoms with Crippen LogP contribution in [0, 0.1) is 6.92 Å². The van der Waals surface area contributed by atoms with Gasteiger partial charge in [0.2, 0.25) is 5.95 Å². The first-order chi connectivity index (χ1) is 19.0. The van der Waals surface area contributed by atoms with Crippen molar-refractivity contribution in [2.45, 2.75) is 11.8 Å². The number of carbonyl (C=O) groups is 1. The van der Waals surface area contributed by atoms with Crippen molar-refractivity contribution < 1.29 is 9.53 Å². The first-order valence-electron chi connectivity index (χ1n) is 12.9. The fourth-order valence-electron chi connectivity index (χ4n) is 4.88. The molecule has 6 rings (SSSR count). The number of fused-ring (bicyclic) bond motifs is 3. The standard InChI is InChI=1S/C30H30N6O2S/c1-20-5-4-6-24(17-20)36-26-18-21(29(37)38-3)7-12-25(26)28-27(39-36)19-31-30(33-28)32-22-8-10-23(11-9-22)35-15-13-34(2)14-16-35/h4-12,17-19H,13-16H2,1-3H3,(H,31,32,33). The van der Waals surface area contributed by atoms with Gasteiger partial charge in [-0.25, -0.2) is 14.8 Å². The predicted molar refractivity (Wildman–Crippen MR) is 157 cm³/mol. The molecule has 198 valence electrons. The number of aryl methyl sites for hydroxylation is 1. The molecular formula is C30H30N6O2S. The van der Waals surface area contributed by atoms with Crippen molar-refractivity contribution >= 4 is 46.6 Å². The second-order valence-corrected chi connectivity index (χ2v) is 10.8. The molecule has 2 aliphatic heterocycles. The van der Waals surface area contributed by atoms with Crippen molar-refractivity contribution in [1.29, 1.82) is 0 Å². The normalized spacial score (nSPS) is 14.9. The number of nitrogens with one attached hydrogen (secondary N) is 1. The molecule has 1 aromatic heterocycles. The van der Waals surface area contributed by atoms with Gasteiger partial charge in [-0.3, -0.25) is 4.31 Å². The molecule has 0 saturated carbocycles. The molecule has 0 amide bonds. The van der Waals surface area contributed by atoms with E-state index in [2.05, 4.69) is 80.8 Å². The van der Waals surface area contributed by atoms with Crippen LogP contribution < -0.4 is 14.5 Å². The highest BCUT2D eigenvalue weighted by atomic mass is 32.2.